The minimum atomic E-state index is -1.04. The summed E-state index contributed by atoms with van der Waals surface area (Å²) >= 11 is 5.92. The molecule has 0 saturated heterocycles. The monoisotopic (exact) mass is 302 g/mol. The van der Waals surface area contributed by atoms with Gasteiger partial charge in [-0.05, 0) is 43.7 Å². The van der Waals surface area contributed by atoms with Crippen LogP contribution in [0.5, 0.6) is 0 Å². The van der Waals surface area contributed by atoms with Crippen LogP contribution in [0.2, 0.25) is 5.02 Å². The van der Waals surface area contributed by atoms with E-state index in [1.807, 2.05) is 36.4 Å². The van der Waals surface area contributed by atoms with Crippen molar-refractivity contribution in [3.63, 3.8) is 0 Å². The van der Waals surface area contributed by atoms with Crippen molar-refractivity contribution < 1.29 is 5.11 Å². The van der Waals surface area contributed by atoms with Crippen molar-refractivity contribution in [3.05, 3.63) is 47.1 Å². The summed E-state index contributed by atoms with van der Waals surface area (Å²) in [6.07, 6.45) is 0. The molecule has 0 amide bonds. The van der Waals surface area contributed by atoms with Crippen molar-refractivity contribution in [2.24, 2.45) is 0 Å². The highest BCUT2D eigenvalue weighted by molar-refractivity contribution is 6.30. The first-order chi connectivity index (χ1) is 9.86. The van der Waals surface area contributed by atoms with E-state index >= 15 is 0 Å². The molecule has 0 fully saturated rings. The highest BCUT2D eigenvalue weighted by atomic mass is 35.5. The molecule has 108 valence electrons. The van der Waals surface area contributed by atoms with Crippen molar-refractivity contribution in [3.8, 4) is 11.1 Å². The molecule has 0 aliphatic rings. The molecule has 3 aromatic rings. The van der Waals surface area contributed by atoms with Gasteiger partial charge in [0.2, 0.25) is 5.95 Å². The quantitative estimate of drug-likeness (QED) is 0.763. The molecular formula is C15H15ClN4O. The number of halogens is 1. The highest BCUT2D eigenvalue weighted by Crippen LogP contribution is 2.29. The zero-order chi connectivity index (χ0) is 15.2. The Morgan fingerprint density at radius 2 is 1.81 bits per heavy atom. The van der Waals surface area contributed by atoms with Gasteiger partial charge in [0, 0.05) is 10.6 Å². The number of fused-ring (bicyclic) bond motifs is 1. The maximum atomic E-state index is 10.2. The second-order valence-corrected chi connectivity index (χ2v) is 5.84. The van der Waals surface area contributed by atoms with E-state index in [4.69, 9.17) is 17.3 Å². The lowest BCUT2D eigenvalue weighted by molar-refractivity contribution is 0.0715. The Morgan fingerprint density at radius 1 is 1.14 bits per heavy atom. The van der Waals surface area contributed by atoms with Gasteiger partial charge in [0.15, 0.2) is 5.65 Å². The second kappa shape index (κ2) is 4.72. The van der Waals surface area contributed by atoms with Gasteiger partial charge in [-0.1, -0.05) is 23.7 Å². The fourth-order valence-corrected chi connectivity index (χ4v) is 2.42. The van der Waals surface area contributed by atoms with Gasteiger partial charge in [0.1, 0.15) is 5.60 Å². The Hall–Kier alpha value is -2.11. The smallest absolute Gasteiger partial charge is 0.240 e. The van der Waals surface area contributed by atoms with E-state index in [-0.39, 0.29) is 5.95 Å². The number of nitrogens with zero attached hydrogens (tertiary/aromatic N) is 3. The predicted octanol–water partition coefficient (Wildman–Crippen LogP) is 2.86. The largest absolute Gasteiger partial charge is 0.384 e. The number of anilines is 1. The Morgan fingerprint density at radius 3 is 2.43 bits per heavy atom. The zero-order valence-corrected chi connectivity index (χ0v) is 12.5. The second-order valence-electron chi connectivity index (χ2n) is 5.40. The third-order valence-electron chi connectivity index (χ3n) is 3.28. The van der Waals surface area contributed by atoms with Gasteiger partial charge in [-0.25, -0.2) is 4.52 Å². The Labute approximate surface area is 127 Å². The number of rotatable bonds is 2. The summed E-state index contributed by atoms with van der Waals surface area (Å²) in [6.45, 7) is 3.39. The fraction of sp³-hybridized carbons (Fsp3) is 0.200. The van der Waals surface area contributed by atoms with Crippen LogP contribution in [-0.2, 0) is 5.60 Å². The van der Waals surface area contributed by atoms with Crippen molar-refractivity contribution in [2.45, 2.75) is 19.4 Å². The maximum Gasteiger partial charge on any atom is 0.240 e. The number of aromatic nitrogens is 3. The Bertz CT molecular complexity index is 803. The van der Waals surface area contributed by atoms with Crippen LogP contribution < -0.4 is 5.73 Å². The molecule has 0 bridgehead atoms. The summed E-state index contributed by atoms with van der Waals surface area (Å²) in [7, 11) is 0. The van der Waals surface area contributed by atoms with Gasteiger partial charge in [-0.15, -0.1) is 5.10 Å². The average Bonchev–Trinajstić information content (AvgIpc) is 2.78. The topological polar surface area (TPSA) is 76.4 Å². The molecule has 0 spiro atoms. The first-order valence-electron chi connectivity index (χ1n) is 6.50. The molecule has 6 heteroatoms. The standard InChI is InChI=1S/C15H15ClN4O/c1-15(2,21)12-8-7-11(9-3-5-10(16)6-4-9)13-18-14(17)19-20(12)13/h3-8,21H,1-2H3,(H2,17,19). The number of nitrogen functional groups attached to an aromatic ring is 1. The molecule has 0 aliphatic carbocycles. The molecule has 2 heterocycles. The Kier molecular flexibility index (Phi) is 3.11. The molecule has 3 N–H and O–H groups in total. The number of pyridine rings is 1. The molecule has 21 heavy (non-hydrogen) atoms. The minimum Gasteiger partial charge on any atom is -0.384 e. The van der Waals surface area contributed by atoms with E-state index in [9.17, 15) is 5.11 Å². The van der Waals surface area contributed by atoms with E-state index in [2.05, 4.69) is 10.1 Å². The van der Waals surface area contributed by atoms with Crippen molar-refractivity contribution in [2.75, 3.05) is 5.73 Å². The van der Waals surface area contributed by atoms with Gasteiger partial charge in [0.05, 0.1) is 5.69 Å². The molecule has 0 saturated carbocycles. The van der Waals surface area contributed by atoms with Crippen LogP contribution in [0.1, 0.15) is 19.5 Å². The average molecular weight is 303 g/mol. The highest BCUT2D eigenvalue weighted by Gasteiger charge is 2.22. The molecule has 0 unspecified atom stereocenters. The summed E-state index contributed by atoms with van der Waals surface area (Å²) in [5.41, 5.74) is 7.75. The van der Waals surface area contributed by atoms with Crippen LogP contribution in [0.4, 0.5) is 5.95 Å². The Balaban J connectivity index is 2.29. The molecule has 5 nitrogen and oxygen atoms in total. The van der Waals surface area contributed by atoms with E-state index in [0.29, 0.717) is 16.4 Å². The van der Waals surface area contributed by atoms with E-state index < -0.39 is 5.60 Å². The third kappa shape index (κ3) is 2.46. The zero-order valence-electron chi connectivity index (χ0n) is 11.7. The number of hydrogen-bond donors (Lipinski definition) is 2. The molecule has 2 aromatic heterocycles. The van der Waals surface area contributed by atoms with Crippen LogP contribution in [-0.4, -0.2) is 19.7 Å². The summed E-state index contributed by atoms with van der Waals surface area (Å²) in [4.78, 5) is 4.27. The maximum absolute atomic E-state index is 10.2. The molecule has 0 radical (unpaired) electrons. The lowest BCUT2D eigenvalue weighted by Gasteiger charge is -2.19. The van der Waals surface area contributed by atoms with Crippen LogP contribution in [0, 0.1) is 0 Å². The molecule has 3 rings (SSSR count). The number of nitrogens with two attached hydrogens (primary N) is 1. The number of aliphatic hydroxyl groups is 1. The lowest BCUT2D eigenvalue weighted by atomic mass is 10.0. The SMILES string of the molecule is CC(C)(O)c1ccc(-c2ccc(Cl)cc2)c2nc(N)nn12. The molecule has 1 aromatic carbocycles. The lowest BCUT2D eigenvalue weighted by Crippen LogP contribution is -2.20. The van der Waals surface area contributed by atoms with Crippen LogP contribution in [0.15, 0.2) is 36.4 Å². The van der Waals surface area contributed by atoms with E-state index in [0.717, 1.165) is 11.1 Å². The normalized spacial score (nSPS) is 12.0. The van der Waals surface area contributed by atoms with Crippen molar-refractivity contribution >= 4 is 23.2 Å². The molecular weight excluding hydrogens is 288 g/mol. The molecule has 0 aliphatic heterocycles. The predicted molar refractivity (Wildman–Crippen MR) is 83.1 cm³/mol. The summed E-state index contributed by atoms with van der Waals surface area (Å²) in [5.74, 6) is 0.168. The number of benzene rings is 1. The number of hydrogen-bond acceptors (Lipinski definition) is 4. The van der Waals surface area contributed by atoms with Crippen LogP contribution in [0.25, 0.3) is 16.8 Å². The summed E-state index contributed by atoms with van der Waals surface area (Å²) in [5, 5.41) is 15.1. The fourth-order valence-electron chi connectivity index (χ4n) is 2.30. The summed E-state index contributed by atoms with van der Waals surface area (Å²) < 4.78 is 1.58. The first-order valence-corrected chi connectivity index (χ1v) is 6.88. The van der Waals surface area contributed by atoms with Crippen molar-refractivity contribution in [1.82, 2.24) is 14.6 Å². The third-order valence-corrected chi connectivity index (χ3v) is 3.53. The molecule has 0 atom stereocenters. The van der Waals surface area contributed by atoms with Crippen molar-refractivity contribution in [1.29, 1.82) is 0 Å². The van der Waals surface area contributed by atoms with Gasteiger partial charge in [-0.2, -0.15) is 4.98 Å². The van der Waals surface area contributed by atoms with Gasteiger partial charge in [0.25, 0.3) is 0 Å². The van der Waals surface area contributed by atoms with E-state index in [1.54, 1.807) is 18.4 Å². The van der Waals surface area contributed by atoms with Crippen LogP contribution in [0.3, 0.4) is 0 Å². The van der Waals surface area contributed by atoms with E-state index in [1.165, 1.54) is 0 Å². The van der Waals surface area contributed by atoms with Gasteiger partial charge >= 0.3 is 0 Å². The van der Waals surface area contributed by atoms with Gasteiger partial charge < -0.3 is 10.8 Å². The minimum absolute atomic E-state index is 0.168. The first kappa shape index (κ1) is 13.9. The summed E-state index contributed by atoms with van der Waals surface area (Å²) in [6, 6.07) is 11.2. The van der Waals surface area contributed by atoms with Crippen LogP contribution >= 0.6 is 11.6 Å². The van der Waals surface area contributed by atoms with Gasteiger partial charge in [-0.3, -0.25) is 0 Å².